The molecule has 1 fully saturated rings. The van der Waals surface area contributed by atoms with Gasteiger partial charge >= 0.3 is 0 Å². The lowest BCUT2D eigenvalue weighted by molar-refractivity contribution is 0.324. The van der Waals surface area contributed by atoms with Crippen molar-refractivity contribution in [3.8, 4) is 17.2 Å². The summed E-state index contributed by atoms with van der Waals surface area (Å²) in [5.74, 6) is 1.59. The van der Waals surface area contributed by atoms with Crippen molar-refractivity contribution in [2.45, 2.75) is 24.2 Å². The lowest BCUT2D eigenvalue weighted by Gasteiger charge is -2.25. The van der Waals surface area contributed by atoms with E-state index in [-0.39, 0.29) is 0 Å². The Morgan fingerprint density at radius 1 is 0.897 bits per heavy atom. The average Bonchev–Trinajstić information content (AvgIpc) is 2.77. The van der Waals surface area contributed by atoms with Gasteiger partial charge in [0.1, 0.15) is 0 Å². The summed E-state index contributed by atoms with van der Waals surface area (Å²) in [4.78, 5) is 4.73. The minimum atomic E-state index is -3.44. The molecule has 0 radical (unpaired) electrons. The monoisotopic (exact) mass is 418 g/mol. The molecule has 2 aromatic rings. The van der Waals surface area contributed by atoms with E-state index in [1.165, 1.54) is 0 Å². The number of ether oxygens (including phenoxy) is 3. The molecular weight excluding hydrogens is 392 g/mol. The molecule has 156 valence electrons. The standard InChI is InChI=1S/C21H26N2O5S/c1-26-19-13-16(14-20(27-2)21(19)28-3)15-22-17-7-9-18(10-8-17)29(24,25)23-11-5-4-6-12-23/h7-10,13-15H,4-6,11-12H2,1-3H3. The van der Waals surface area contributed by atoms with Gasteiger partial charge in [0.05, 0.1) is 31.9 Å². The number of benzene rings is 2. The molecule has 0 amide bonds. The van der Waals surface area contributed by atoms with Gasteiger partial charge in [-0.15, -0.1) is 0 Å². The number of nitrogens with zero attached hydrogens (tertiary/aromatic N) is 2. The minimum Gasteiger partial charge on any atom is -0.493 e. The number of piperidine rings is 1. The molecule has 0 N–H and O–H groups in total. The van der Waals surface area contributed by atoms with Crippen molar-refractivity contribution in [3.05, 3.63) is 42.0 Å². The van der Waals surface area contributed by atoms with Gasteiger partial charge in [0.15, 0.2) is 11.5 Å². The third-order valence-electron chi connectivity index (χ3n) is 4.84. The van der Waals surface area contributed by atoms with E-state index in [0.717, 1.165) is 24.8 Å². The highest BCUT2D eigenvalue weighted by Gasteiger charge is 2.25. The van der Waals surface area contributed by atoms with Crippen LogP contribution in [0.15, 0.2) is 46.3 Å². The van der Waals surface area contributed by atoms with Crippen molar-refractivity contribution in [3.63, 3.8) is 0 Å². The zero-order valence-electron chi connectivity index (χ0n) is 16.9. The molecule has 0 atom stereocenters. The second-order valence-electron chi connectivity index (χ2n) is 6.68. The number of aliphatic imine (C=N–C) groups is 1. The second kappa shape index (κ2) is 9.28. The first-order valence-electron chi connectivity index (χ1n) is 9.44. The van der Waals surface area contributed by atoms with Crippen molar-refractivity contribution in [1.29, 1.82) is 0 Å². The molecule has 0 bridgehead atoms. The van der Waals surface area contributed by atoms with Crippen LogP contribution >= 0.6 is 0 Å². The highest BCUT2D eigenvalue weighted by atomic mass is 32.2. The molecule has 1 aliphatic rings. The van der Waals surface area contributed by atoms with Crippen LogP contribution in [0.4, 0.5) is 5.69 Å². The summed E-state index contributed by atoms with van der Waals surface area (Å²) in [5.41, 5.74) is 1.42. The maximum atomic E-state index is 12.7. The van der Waals surface area contributed by atoms with Crippen LogP contribution in [-0.2, 0) is 10.0 Å². The fourth-order valence-corrected chi connectivity index (χ4v) is 4.80. The van der Waals surface area contributed by atoms with Crippen LogP contribution in [0.5, 0.6) is 17.2 Å². The third kappa shape index (κ3) is 4.71. The van der Waals surface area contributed by atoms with Gasteiger partial charge in [-0.1, -0.05) is 6.42 Å². The summed E-state index contributed by atoms with van der Waals surface area (Å²) < 4.78 is 43.0. The van der Waals surface area contributed by atoms with E-state index in [9.17, 15) is 8.42 Å². The first kappa shape index (κ1) is 21.1. The Hall–Kier alpha value is -2.58. The largest absolute Gasteiger partial charge is 0.493 e. The van der Waals surface area contributed by atoms with Crippen LogP contribution in [-0.4, -0.2) is 53.4 Å². The number of methoxy groups -OCH3 is 3. The van der Waals surface area contributed by atoms with Crippen LogP contribution in [0.3, 0.4) is 0 Å². The van der Waals surface area contributed by atoms with Crippen LogP contribution in [0.2, 0.25) is 0 Å². The molecule has 0 spiro atoms. The topological polar surface area (TPSA) is 77.4 Å². The Labute approximate surface area is 172 Å². The first-order chi connectivity index (χ1) is 14.0. The average molecular weight is 419 g/mol. The number of sulfonamides is 1. The maximum Gasteiger partial charge on any atom is 0.243 e. The fourth-order valence-electron chi connectivity index (χ4n) is 3.28. The minimum absolute atomic E-state index is 0.297. The maximum absolute atomic E-state index is 12.7. The molecule has 2 aromatic carbocycles. The van der Waals surface area contributed by atoms with Crippen LogP contribution < -0.4 is 14.2 Å². The highest BCUT2D eigenvalue weighted by molar-refractivity contribution is 7.89. The molecular formula is C21H26N2O5S. The Morgan fingerprint density at radius 3 is 2.00 bits per heavy atom. The highest BCUT2D eigenvalue weighted by Crippen LogP contribution is 2.37. The third-order valence-corrected chi connectivity index (χ3v) is 6.75. The van der Waals surface area contributed by atoms with Gasteiger partial charge in [0, 0.05) is 24.9 Å². The number of hydrogen-bond acceptors (Lipinski definition) is 6. The molecule has 29 heavy (non-hydrogen) atoms. The Morgan fingerprint density at radius 2 is 1.48 bits per heavy atom. The van der Waals surface area contributed by atoms with Crippen LogP contribution in [0.1, 0.15) is 24.8 Å². The van der Waals surface area contributed by atoms with E-state index in [1.54, 1.807) is 68.2 Å². The Kier molecular flexibility index (Phi) is 6.76. The quantitative estimate of drug-likeness (QED) is 0.642. The second-order valence-corrected chi connectivity index (χ2v) is 8.61. The molecule has 1 heterocycles. The van der Waals surface area contributed by atoms with E-state index in [1.807, 2.05) is 0 Å². The predicted molar refractivity (Wildman–Crippen MR) is 112 cm³/mol. The van der Waals surface area contributed by atoms with Gasteiger partial charge < -0.3 is 14.2 Å². The van der Waals surface area contributed by atoms with Gasteiger partial charge in [-0.25, -0.2) is 8.42 Å². The first-order valence-corrected chi connectivity index (χ1v) is 10.9. The lowest BCUT2D eigenvalue weighted by Crippen LogP contribution is -2.35. The van der Waals surface area contributed by atoms with E-state index >= 15 is 0 Å². The number of rotatable bonds is 7. The molecule has 3 rings (SSSR count). The lowest BCUT2D eigenvalue weighted by atomic mass is 10.2. The molecule has 7 nitrogen and oxygen atoms in total. The Balaban J connectivity index is 1.80. The summed E-state index contributed by atoms with van der Waals surface area (Å²) in [6, 6.07) is 10.2. The van der Waals surface area contributed by atoms with Gasteiger partial charge in [0.25, 0.3) is 0 Å². The van der Waals surface area contributed by atoms with Crippen molar-refractivity contribution in [2.24, 2.45) is 4.99 Å². The molecule has 0 unspecified atom stereocenters. The molecule has 0 aromatic heterocycles. The van der Waals surface area contributed by atoms with E-state index in [2.05, 4.69) is 4.99 Å². The molecule has 0 aliphatic carbocycles. The van der Waals surface area contributed by atoms with Gasteiger partial charge in [-0.3, -0.25) is 4.99 Å². The fraction of sp³-hybridized carbons (Fsp3) is 0.381. The smallest absolute Gasteiger partial charge is 0.243 e. The normalized spacial score (nSPS) is 15.4. The van der Waals surface area contributed by atoms with Crippen LogP contribution in [0, 0.1) is 0 Å². The van der Waals surface area contributed by atoms with E-state index < -0.39 is 10.0 Å². The summed E-state index contributed by atoms with van der Waals surface area (Å²) in [5, 5.41) is 0. The summed E-state index contributed by atoms with van der Waals surface area (Å²) in [6.45, 7) is 1.17. The molecule has 1 aliphatic heterocycles. The van der Waals surface area contributed by atoms with Gasteiger partial charge in [-0.05, 0) is 49.2 Å². The van der Waals surface area contributed by atoms with Crippen LogP contribution in [0.25, 0.3) is 0 Å². The predicted octanol–water partition coefficient (Wildman–Crippen LogP) is 3.64. The van der Waals surface area contributed by atoms with Crippen molar-refractivity contribution < 1.29 is 22.6 Å². The van der Waals surface area contributed by atoms with Crippen molar-refractivity contribution in [2.75, 3.05) is 34.4 Å². The zero-order valence-corrected chi connectivity index (χ0v) is 17.7. The zero-order chi connectivity index (χ0) is 20.9. The van der Waals surface area contributed by atoms with E-state index in [4.69, 9.17) is 14.2 Å². The molecule has 8 heteroatoms. The van der Waals surface area contributed by atoms with Crippen molar-refractivity contribution >= 4 is 21.9 Å². The summed E-state index contributed by atoms with van der Waals surface area (Å²) >= 11 is 0. The SMILES string of the molecule is COc1cc(C=Nc2ccc(S(=O)(=O)N3CCCCC3)cc2)cc(OC)c1OC. The molecule has 0 saturated carbocycles. The summed E-state index contributed by atoms with van der Waals surface area (Å²) in [7, 11) is 1.22. The van der Waals surface area contributed by atoms with Gasteiger partial charge in [0.2, 0.25) is 15.8 Å². The van der Waals surface area contributed by atoms with Crippen molar-refractivity contribution in [1.82, 2.24) is 4.31 Å². The Bertz CT molecular complexity index is 940. The number of hydrogen-bond donors (Lipinski definition) is 0. The molecule has 1 saturated heterocycles. The summed E-state index contributed by atoms with van der Waals surface area (Å²) in [6.07, 6.45) is 4.58. The van der Waals surface area contributed by atoms with E-state index in [0.29, 0.717) is 40.9 Å². The van der Waals surface area contributed by atoms with Gasteiger partial charge in [-0.2, -0.15) is 4.31 Å².